The van der Waals surface area contributed by atoms with Crippen LogP contribution in [0, 0.1) is 0 Å². The van der Waals surface area contributed by atoms with Crippen LogP contribution in [0.3, 0.4) is 0 Å². The lowest BCUT2D eigenvalue weighted by Gasteiger charge is -2.30. The van der Waals surface area contributed by atoms with Crippen molar-refractivity contribution in [1.29, 1.82) is 0 Å². The first-order valence-corrected chi connectivity index (χ1v) is 6.51. The van der Waals surface area contributed by atoms with E-state index in [-0.39, 0.29) is 12.6 Å². The van der Waals surface area contributed by atoms with Gasteiger partial charge < -0.3 is 15.7 Å². The third kappa shape index (κ3) is 2.92. The van der Waals surface area contributed by atoms with Crippen molar-refractivity contribution in [3.8, 4) is 0 Å². The van der Waals surface area contributed by atoms with Crippen LogP contribution in [-0.2, 0) is 0 Å². The maximum Gasteiger partial charge on any atom is 0.0642 e. The Hall–Kier alpha value is -0.770. The Balaban J connectivity index is 2.18. The van der Waals surface area contributed by atoms with Gasteiger partial charge >= 0.3 is 0 Å². The highest BCUT2D eigenvalue weighted by atomic mass is 35.5. The Kier molecular flexibility index (Phi) is 4.26. The second kappa shape index (κ2) is 5.71. The summed E-state index contributed by atoms with van der Waals surface area (Å²) in [6.45, 7) is 2.09. The number of piperidine rings is 1. The Morgan fingerprint density at radius 1 is 1.29 bits per heavy atom. The number of halogens is 1. The van der Waals surface area contributed by atoms with E-state index in [1.165, 1.54) is 19.3 Å². The maximum absolute atomic E-state index is 9.02. The van der Waals surface area contributed by atoms with Crippen LogP contribution in [0.4, 0.5) is 5.69 Å². The summed E-state index contributed by atoms with van der Waals surface area (Å²) in [7, 11) is 0. The van der Waals surface area contributed by atoms with Gasteiger partial charge in [0.05, 0.1) is 23.4 Å². The molecule has 0 unspecified atom stereocenters. The van der Waals surface area contributed by atoms with Crippen LogP contribution in [-0.4, -0.2) is 24.8 Å². The van der Waals surface area contributed by atoms with E-state index in [4.69, 9.17) is 22.4 Å². The molecule has 1 saturated heterocycles. The van der Waals surface area contributed by atoms with E-state index < -0.39 is 0 Å². The Bertz CT molecular complexity index is 378. The van der Waals surface area contributed by atoms with E-state index in [1.54, 1.807) is 0 Å². The number of nitrogens with two attached hydrogens (primary N) is 1. The van der Waals surface area contributed by atoms with Gasteiger partial charge in [-0.2, -0.15) is 0 Å². The van der Waals surface area contributed by atoms with Gasteiger partial charge in [0, 0.05) is 13.1 Å². The summed E-state index contributed by atoms with van der Waals surface area (Å²) in [6, 6.07) is 5.49. The highest BCUT2D eigenvalue weighted by molar-refractivity contribution is 6.33. The zero-order chi connectivity index (χ0) is 12.3. The zero-order valence-electron chi connectivity index (χ0n) is 9.90. The summed E-state index contributed by atoms with van der Waals surface area (Å²) in [5.74, 6) is 0. The lowest BCUT2D eigenvalue weighted by molar-refractivity contribution is 0.268. The lowest BCUT2D eigenvalue weighted by Crippen LogP contribution is -2.29. The van der Waals surface area contributed by atoms with E-state index in [0.29, 0.717) is 0 Å². The molecule has 3 nitrogen and oxygen atoms in total. The second-order valence-electron chi connectivity index (χ2n) is 4.55. The van der Waals surface area contributed by atoms with Crippen molar-refractivity contribution >= 4 is 17.3 Å². The van der Waals surface area contributed by atoms with Crippen LogP contribution < -0.4 is 10.6 Å². The fourth-order valence-corrected chi connectivity index (χ4v) is 2.56. The predicted molar refractivity (Wildman–Crippen MR) is 71.5 cm³/mol. The number of anilines is 1. The molecule has 0 bridgehead atoms. The summed E-state index contributed by atoms with van der Waals surface area (Å²) >= 11 is 6.28. The summed E-state index contributed by atoms with van der Waals surface area (Å²) < 4.78 is 0. The molecule has 4 heteroatoms. The van der Waals surface area contributed by atoms with Crippen molar-refractivity contribution in [2.24, 2.45) is 5.73 Å². The van der Waals surface area contributed by atoms with Crippen molar-refractivity contribution in [2.75, 3.05) is 24.6 Å². The normalized spacial score (nSPS) is 18.2. The minimum atomic E-state index is -0.345. The molecule has 0 saturated carbocycles. The molecule has 0 aromatic heterocycles. The number of hydrogen-bond acceptors (Lipinski definition) is 3. The first kappa shape index (κ1) is 12.7. The van der Waals surface area contributed by atoms with Gasteiger partial charge in [-0.3, -0.25) is 0 Å². The van der Waals surface area contributed by atoms with Crippen molar-refractivity contribution in [2.45, 2.75) is 25.3 Å². The molecular weight excluding hydrogens is 236 g/mol. The van der Waals surface area contributed by atoms with E-state index in [9.17, 15) is 0 Å². The van der Waals surface area contributed by atoms with Crippen molar-refractivity contribution in [3.05, 3.63) is 28.8 Å². The smallest absolute Gasteiger partial charge is 0.0642 e. The topological polar surface area (TPSA) is 49.5 Å². The molecule has 17 heavy (non-hydrogen) atoms. The Morgan fingerprint density at radius 2 is 2.00 bits per heavy atom. The Morgan fingerprint density at radius 3 is 2.59 bits per heavy atom. The molecule has 3 N–H and O–H groups in total. The monoisotopic (exact) mass is 254 g/mol. The standard InChI is InChI=1S/C13H19ClN2O/c14-11-8-10(12(15)9-17)4-5-13(11)16-6-2-1-3-7-16/h4-5,8,12,17H,1-3,6-7,9,15H2/t12-/m1/s1. The third-order valence-corrected chi connectivity index (χ3v) is 3.60. The Labute approximate surface area is 107 Å². The quantitative estimate of drug-likeness (QED) is 0.871. The molecule has 1 heterocycles. The molecule has 1 aromatic rings. The van der Waals surface area contributed by atoms with Crippen molar-refractivity contribution < 1.29 is 5.11 Å². The number of hydrogen-bond donors (Lipinski definition) is 2. The average molecular weight is 255 g/mol. The molecule has 1 fully saturated rings. The number of benzene rings is 1. The van der Waals surface area contributed by atoms with Crippen molar-refractivity contribution in [1.82, 2.24) is 0 Å². The first-order chi connectivity index (χ1) is 8.22. The summed E-state index contributed by atoms with van der Waals surface area (Å²) in [5, 5.41) is 9.75. The summed E-state index contributed by atoms with van der Waals surface area (Å²) in [5.41, 5.74) is 7.74. The zero-order valence-corrected chi connectivity index (χ0v) is 10.7. The first-order valence-electron chi connectivity index (χ1n) is 6.13. The second-order valence-corrected chi connectivity index (χ2v) is 4.95. The highest BCUT2D eigenvalue weighted by Crippen LogP contribution is 2.30. The molecule has 1 aliphatic rings. The van der Waals surface area contributed by atoms with E-state index in [2.05, 4.69) is 4.90 Å². The van der Waals surface area contributed by atoms with Gasteiger partial charge in [-0.25, -0.2) is 0 Å². The van der Waals surface area contributed by atoms with E-state index in [1.807, 2.05) is 18.2 Å². The average Bonchev–Trinajstić information content (AvgIpc) is 2.38. The number of aliphatic hydroxyl groups excluding tert-OH is 1. The van der Waals surface area contributed by atoms with Gasteiger partial charge in [-0.1, -0.05) is 17.7 Å². The lowest BCUT2D eigenvalue weighted by atomic mass is 10.1. The van der Waals surface area contributed by atoms with Gasteiger partial charge in [-0.05, 0) is 37.0 Å². The molecule has 2 rings (SSSR count). The largest absolute Gasteiger partial charge is 0.394 e. The molecule has 1 aromatic carbocycles. The maximum atomic E-state index is 9.02. The summed E-state index contributed by atoms with van der Waals surface area (Å²) in [6.07, 6.45) is 3.77. The number of rotatable bonds is 3. The fourth-order valence-electron chi connectivity index (χ4n) is 2.25. The van der Waals surface area contributed by atoms with Gasteiger partial charge in [0.15, 0.2) is 0 Å². The highest BCUT2D eigenvalue weighted by Gasteiger charge is 2.15. The van der Waals surface area contributed by atoms with Crippen LogP contribution in [0.2, 0.25) is 5.02 Å². The van der Waals surface area contributed by atoms with Crippen LogP contribution in [0.1, 0.15) is 30.9 Å². The van der Waals surface area contributed by atoms with E-state index >= 15 is 0 Å². The number of aliphatic hydroxyl groups is 1. The molecule has 1 aliphatic heterocycles. The van der Waals surface area contributed by atoms with Gasteiger partial charge in [0.25, 0.3) is 0 Å². The molecule has 94 valence electrons. The summed E-state index contributed by atoms with van der Waals surface area (Å²) in [4.78, 5) is 2.32. The van der Waals surface area contributed by atoms with E-state index in [0.717, 1.165) is 29.4 Å². The molecule has 0 aliphatic carbocycles. The molecule has 0 spiro atoms. The SMILES string of the molecule is N[C@H](CO)c1ccc(N2CCCCC2)c(Cl)c1. The van der Waals surface area contributed by atoms with Crippen LogP contribution >= 0.6 is 11.6 Å². The van der Waals surface area contributed by atoms with Crippen LogP contribution in [0.5, 0.6) is 0 Å². The number of nitrogens with zero attached hydrogens (tertiary/aromatic N) is 1. The third-order valence-electron chi connectivity index (χ3n) is 3.29. The minimum Gasteiger partial charge on any atom is -0.394 e. The minimum absolute atomic E-state index is 0.0562. The van der Waals surface area contributed by atoms with Crippen molar-refractivity contribution in [3.63, 3.8) is 0 Å². The predicted octanol–water partition coefficient (Wildman–Crippen LogP) is 2.32. The van der Waals surface area contributed by atoms with Crippen LogP contribution in [0.15, 0.2) is 18.2 Å². The molecular formula is C13H19ClN2O. The van der Waals surface area contributed by atoms with Gasteiger partial charge in [-0.15, -0.1) is 0 Å². The van der Waals surface area contributed by atoms with Crippen LogP contribution in [0.25, 0.3) is 0 Å². The molecule has 0 radical (unpaired) electrons. The van der Waals surface area contributed by atoms with Gasteiger partial charge in [0.2, 0.25) is 0 Å². The van der Waals surface area contributed by atoms with Gasteiger partial charge in [0.1, 0.15) is 0 Å². The fraction of sp³-hybridized carbons (Fsp3) is 0.538. The molecule has 1 atom stereocenters. The molecule has 0 amide bonds.